The molecule has 3 fully saturated rings. The van der Waals surface area contributed by atoms with Crippen molar-refractivity contribution in [3.63, 3.8) is 0 Å². The molecule has 34 heavy (non-hydrogen) atoms. The van der Waals surface area contributed by atoms with Crippen LogP contribution in [0.3, 0.4) is 0 Å². The van der Waals surface area contributed by atoms with Crippen LogP contribution in [0.5, 0.6) is 0 Å². The van der Waals surface area contributed by atoms with Crippen LogP contribution in [0.1, 0.15) is 49.8 Å². The monoisotopic (exact) mass is 453 g/mol. The summed E-state index contributed by atoms with van der Waals surface area (Å²) in [5, 5.41) is 12.7. The predicted molar refractivity (Wildman–Crippen MR) is 130 cm³/mol. The molecule has 3 aliphatic rings. The molecule has 1 atom stereocenters. The Morgan fingerprint density at radius 3 is 2.62 bits per heavy atom. The van der Waals surface area contributed by atoms with Gasteiger partial charge in [0.15, 0.2) is 0 Å². The van der Waals surface area contributed by atoms with Gasteiger partial charge in [-0.2, -0.15) is 5.26 Å². The highest BCUT2D eigenvalue weighted by Gasteiger charge is 2.38. The van der Waals surface area contributed by atoms with Crippen molar-refractivity contribution in [1.29, 1.82) is 5.26 Å². The van der Waals surface area contributed by atoms with Crippen LogP contribution >= 0.6 is 0 Å². The highest BCUT2D eigenvalue weighted by Crippen LogP contribution is 2.45. The minimum absolute atomic E-state index is 0.0793. The number of hydrogen-bond acceptors (Lipinski definition) is 5. The second-order valence-corrected chi connectivity index (χ2v) is 9.46. The molecule has 2 aromatic rings. The Bertz CT molecular complexity index is 1230. The third-order valence-electron chi connectivity index (χ3n) is 6.82. The standard InChI is InChI=1S/C27H27N5O2/c1-3-24(33)29-22-6-4-5-20(13-22)23-14-21(15-28)26(30-25(23)18-7-8-18)31-11-12-32(17(2)16-31)27(34)19-9-10-19/h1,4-6,13-14,17-19H,7-12,16H2,2H3,(H,29,33)/t17-/m1/s1. The summed E-state index contributed by atoms with van der Waals surface area (Å²) >= 11 is 0. The molecule has 1 N–H and O–H groups in total. The minimum Gasteiger partial charge on any atom is -0.352 e. The fourth-order valence-electron chi connectivity index (χ4n) is 4.71. The third kappa shape index (κ3) is 4.34. The van der Waals surface area contributed by atoms with Gasteiger partial charge in [-0.25, -0.2) is 4.98 Å². The van der Waals surface area contributed by atoms with Gasteiger partial charge in [0.2, 0.25) is 5.91 Å². The molecular weight excluding hydrogens is 426 g/mol. The fourth-order valence-corrected chi connectivity index (χ4v) is 4.71. The lowest BCUT2D eigenvalue weighted by molar-refractivity contribution is -0.135. The molecule has 172 valence electrons. The van der Waals surface area contributed by atoms with Crippen LogP contribution in [0.25, 0.3) is 11.1 Å². The van der Waals surface area contributed by atoms with E-state index < -0.39 is 5.91 Å². The van der Waals surface area contributed by atoms with E-state index in [1.165, 1.54) is 0 Å². The summed E-state index contributed by atoms with van der Waals surface area (Å²) < 4.78 is 0. The van der Waals surface area contributed by atoms with Gasteiger partial charge in [-0.1, -0.05) is 12.1 Å². The van der Waals surface area contributed by atoms with Gasteiger partial charge in [-0.3, -0.25) is 9.59 Å². The Labute approximate surface area is 199 Å². The van der Waals surface area contributed by atoms with Crippen molar-refractivity contribution in [2.45, 2.75) is 44.6 Å². The number of hydrogen-bond donors (Lipinski definition) is 1. The van der Waals surface area contributed by atoms with Gasteiger partial charge in [0, 0.05) is 48.8 Å². The molecule has 0 spiro atoms. The topological polar surface area (TPSA) is 89.3 Å². The average Bonchev–Trinajstić information content (AvgIpc) is 3.76. The Hall–Kier alpha value is -3.84. The molecule has 2 saturated carbocycles. The molecule has 1 aliphatic heterocycles. The van der Waals surface area contributed by atoms with E-state index in [0.29, 0.717) is 42.6 Å². The summed E-state index contributed by atoms with van der Waals surface area (Å²) in [6.45, 7) is 4.06. The zero-order chi connectivity index (χ0) is 23.8. The number of nitriles is 1. The van der Waals surface area contributed by atoms with Crippen LogP contribution in [0.15, 0.2) is 30.3 Å². The maximum Gasteiger partial charge on any atom is 0.300 e. The van der Waals surface area contributed by atoms with Crippen LogP contribution in [-0.2, 0) is 9.59 Å². The number of aromatic nitrogens is 1. The molecule has 0 radical (unpaired) electrons. The normalized spacial score (nSPS) is 19.8. The Morgan fingerprint density at radius 1 is 1.18 bits per heavy atom. The number of nitrogens with zero attached hydrogens (tertiary/aromatic N) is 4. The third-order valence-corrected chi connectivity index (χ3v) is 6.82. The minimum atomic E-state index is -0.501. The van der Waals surface area contributed by atoms with Crippen molar-refractivity contribution in [2.75, 3.05) is 29.9 Å². The largest absolute Gasteiger partial charge is 0.352 e. The molecule has 2 aliphatic carbocycles. The number of piperazine rings is 1. The van der Waals surface area contributed by atoms with Crippen LogP contribution in [0.2, 0.25) is 0 Å². The number of rotatable bonds is 5. The average molecular weight is 454 g/mol. The van der Waals surface area contributed by atoms with Gasteiger partial charge >= 0.3 is 0 Å². The molecule has 0 unspecified atom stereocenters. The highest BCUT2D eigenvalue weighted by molar-refractivity contribution is 6.03. The lowest BCUT2D eigenvalue weighted by Gasteiger charge is -2.41. The van der Waals surface area contributed by atoms with Gasteiger partial charge < -0.3 is 15.1 Å². The zero-order valence-electron chi connectivity index (χ0n) is 19.3. The number of pyridine rings is 1. The molecule has 0 bridgehead atoms. The van der Waals surface area contributed by atoms with E-state index in [1.807, 2.05) is 29.2 Å². The molecule has 2 heterocycles. The van der Waals surface area contributed by atoms with Crippen LogP contribution < -0.4 is 10.2 Å². The van der Waals surface area contributed by atoms with Gasteiger partial charge in [-0.05, 0) is 62.3 Å². The van der Waals surface area contributed by atoms with E-state index in [1.54, 1.807) is 6.07 Å². The van der Waals surface area contributed by atoms with Crippen molar-refractivity contribution >= 4 is 23.3 Å². The smallest absolute Gasteiger partial charge is 0.300 e. The van der Waals surface area contributed by atoms with Crippen LogP contribution in [0.4, 0.5) is 11.5 Å². The lowest BCUT2D eigenvalue weighted by atomic mass is 9.98. The summed E-state index contributed by atoms with van der Waals surface area (Å²) in [6.07, 6.45) is 9.33. The van der Waals surface area contributed by atoms with E-state index in [9.17, 15) is 14.9 Å². The number of carbonyl (C=O) groups is 2. The first-order valence-electron chi connectivity index (χ1n) is 11.9. The number of benzene rings is 1. The number of anilines is 2. The maximum absolute atomic E-state index is 12.6. The number of nitrogens with one attached hydrogen (secondary N) is 1. The summed E-state index contributed by atoms with van der Waals surface area (Å²) in [5.74, 6) is 3.11. The quantitative estimate of drug-likeness (QED) is 0.700. The fraction of sp³-hybridized carbons (Fsp3) is 0.407. The van der Waals surface area contributed by atoms with Crippen LogP contribution in [0, 0.1) is 29.6 Å². The summed E-state index contributed by atoms with van der Waals surface area (Å²) in [4.78, 5) is 33.4. The van der Waals surface area contributed by atoms with Crippen molar-refractivity contribution in [2.24, 2.45) is 5.92 Å². The molecule has 1 aromatic heterocycles. The van der Waals surface area contributed by atoms with Gasteiger partial charge in [0.1, 0.15) is 11.9 Å². The molecule has 1 aromatic carbocycles. The van der Waals surface area contributed by atoms with E-state index in [4.69, 9.17) is 11.4 Å². The molecule has 7 heteroatoms. The molecule has 1 saturated heterocycles. The molecule has 5 rings (SSSR count). The molecule has 7 nitrogen and oxygen atoms in total. The van der Waals surface area contributed by atoms with E-state index in [2.05, 4.69) is 29.1 Å². The second-order valence-electron chi connectivity index (χ2n) is 9.46. The van der Waals surface area contributed by atoms with E-state index in [0.717, 1.165) is 42.5 Å². The first-order valence-corrected chi connectivity index (χ1v) is 11.9. The Balaban J connectivity index is 1.46. The summed E-state index contributed by atoms with van der Waals surface area (Å²) in [6, 6.07) is 11.8. The van der Waals surface area contributed by atoms with Crippen molar-refractivity contribution in [3.05, 3.63) is 41.6 Å². The van der Waals surface area contributed by atoms with Gasteiger partial charge in [0.05, 0.1) is 11.3 Å². The highest BCUT2D eigenvalue weighted by atomic mass is 16.2. The summed E-state index contributed by atoms with van der Waals surface area (Å²) in [7, 11) is 0. The maximum atomic E-state index is 12.6. The Kier molecular flexibility index (Phi) is 5.71. The number of terminal acetylenes is 1. The van der Waals surface area contributed by atoms with Crippen LogP contribution in [-0.4, -0.2) is 47.4 Å². The van der Waals surface area contributed by atoms with E-state index >= 15 is 0 Å². The van der Waals surface area contributed by atoms with Gasteiger partial charge in [0.25, 0.3) is 5.91 Å². The SMILES string of the molecule is C#CC(=O)Nc1cccc(-c2cc(C#N)c(N3CCN(C(=O)C4CC4)[C@H](C)C3)nc2C2CC2)c1. The lowest BCUT2D eigenvalue weighted by Crippen LogP contribution is -2.54. The number of carbonyl (C=O) groups excluding carboxylic acids is 2. The second kappa shape index (κ2) is 8.83. The summed E-state index contributed by atoms with van der Waals surface area (Å²) in [5.41, 5.74) is 3.91. The van der Waals surface area contributed by atoms with E-state index in [-0.39, 0.29) is 17.9 Å². The van der Waals surface area contributed by atoms with Gasteiger partial charge in [-0.15, -0.1) is 6.42 Å². The van der Waals surface area contributed by atoms with Crippen molar-refractivity contribution < 1.29 is 9.59 Å². The first-order chi connectivity index (χ1) is 16.5. The van der Waals surface area contributed by atoms with Crippen molar-refractivity contribution in [3.8, 4) is 29.5 Å². The zero-order valence-corrected chi connectivity index (χ0v) is 19.3. The molecular formula is C27H27N5O2. The Morgan fingerprint density at radius 2 is 1.97 bits per heavy atom. The van der Waals surface area contributed by atoms with Crippen molar-refractivity contribution in [1.82, 2.24) is 9.88 Å². The number of amides is 2. The molecule has 2 amide bonds. The first kappa shape index (κ1) is 22.0. The predicted octanol–water partition coefficient (Wildman–Crippen LogP) is 3.52.